The first-order valence-corrected chi connectivity index (χ1v) is 8.35. The van der Waals surface area contributed by atoms with Gasteiger partial charge in [0.15, 0.2) is 0 Å². The summed E-state index contributed by atoms with van der Waals surface area (Å²) in [7, 11) is 1.75. The van der Waals surface area contributed by atoms with Crippen molar-refractivity contribution < 1.29 is 9.47 Å². The molecule has 1 aliphatic heterocycles. The van der Waals surface area contributed by atoms with E-state index in [1.54, 1.807) is 7.11 Å². The van der Waals surface area contributed by atoms with E-state index in [1.807, 2.05) is 0 Å². The van der Waals surface area contributed by atoms with Gasteiger partial charge in [-0.2, -0.15) is 0 Å². The highest BCUT2D eigenvalue weighted by Crippen LogP contribution is 2.39. The van der Waals surface area contributed by atoms with Gasteiger partial charge in [0.25, 0.3) is 0 Å². The van der Waals surface area contributed by atoms with Gasteiger partial charge in [0, 0.05) is 39.3 Å². The average molecular weight is 297 g/mol. The summed E-state index contributed by atoms with van der Waals surface area (Å²) in [6.45, 7) is 3.39. The SMILES string of the molecule is COCCN(CCC(=N)N)C1CCOC2(CCCCC2)C1. The van der Waals surface area contributed by atoms with Crippen molar-refractivity contribution in [3.63, 3.8) is 0 Å². The van der Waals surface area contributed by atoms with Gasteiger partial charge in [-0.15, -0.1) is 0 Å². The molecule has 0 aromatic heterocycles. The molecule has 0 aromatic rings. The third-order valence-corrected chi connectivity index (χ3v) is 5.00. The lowest BCUT2D eigenvalue weighted by molar-refractivity contribution is -0.125. The number of amidine groups is 1. The fraction of sp³-hybridized carbons (Fsp3) is 0.938. The molecular formula is C16H31N3O2. The van der Waals surface area contributed by atoms with E-state index >= 15 is 0 Å². The normalized spacial score (nSPS) is 25.3. The molecule has 1 saturated carbocycles. The minimum atomic E-state index is 0.128. The van der Waals surface area contributed by atoms with Gasteiger partial charge in [0.05, 0.1) is 18.0 Å². The average Bonchev–Trinajstić information content (AvgIpc) is 2.48. The fourth-order valence-corrected chi connectivity index (χ4v) is 3.81. The van der Waals surface area contributed by atoms with Gasteiger partial charge >= 0.3 is 0 Å². The number of nitrogens with zero attached hydrogens (tertiary/aromatic N) is 1. The van der Waals surface area contributed by atoms with Crippen LogP contribution in [0.5, 0.6) is 0 Å². The molecule has 5 heteroatoms. The lowest BCUT2D eigenvalue weighted by Gasteiger charge is -2.46. The van der Waals surface area contributed by atoms with E-state index in [2.05, 4.69) is 4.90 Å². The summed E-state index contributed by atoms with van der Waals surface area (Å²) in [5.41, 5.74) is 5.66. The zero-order valence-electron chi connectivity index (χ0n) is 13.4. The first-order chi connectivity index (χ1) is 10.2. The van der Waals surface area contributed by atoms with E-state index in [1.165, 1.54) is 32.1 Å². The number of ether oxygens (including phenoxy) is 2. The quantitative estimate of drug-likeness (QED) is 0.558. The lowest BCUT2D eigenvalue weighted by Crippen LogP contribution is -2.50. The van der Waals surface area contributed by atoms with Crippen molar-refractivity contribution in [2.45, 2.75) is 63.0 Å². The summed E-state index contributed by atoms with van der Waals surface area (Å²) in [5, 5.41) is 7.46. The maximum absolute atomic E-state index is 7.46. The molecule has 1 heterocycles. The molecule has 3 N–H and O–H groups in total. The Balaban J connectivity index is 1.94. The van der Waals surface area contributed by atoms with Gasteiger partial charge in [-0.05, 0) is 25.7 Å². The van der Waals surface area contributed by atoms with Crippen LogP contribution in [0, 0.1) is 5.41 Å². The second-order valence-electron chi connectivity index (χ2n) is 6.54. The van der Waals surface area contributed by atoms with Crippen LogP contribution in [-0.2, 0) is 9.47 Å². The Labute approximate surface area is 128 Å². The monoisotopic (exact) mass is 297 g/mol. The Morgan fingerprint density at radius 1 is 1.33 bits per heavy atom. The van der Waals surface area contributed by atoms with Gasteiger partial charge in [-0.25, -0.2) is 0 Å². The molecule has 5 nitrogen and oxygen atoms in total. The largest absolute Gasteiger partial charge is 0.388 e. The molecule has 0 radical (unpaired) electrons. The standard InChI is InChI=1S/C16H31N3O2/c1-20-12-10-19(9-5-15(17)18)14-6-11-21-16(13-14)7-3-2-4-8-16/h14H,2-13H2,1H3,(H3,17,18). The van der Waals surface area contributed by atoms with Crippen LogP contribution >= 0.6 is 0 Å². The van der Waals surface area contributed by atoms with Gasteiger partial charge < -0.3 is 15.2 Å². The third kappa shape index (κ3) is 4.94. The summed E-state index contributed by atoms with van der Waals surface area (Å²) < 4.78 is 11.4. The molecule has 1 unspecified atom stereocenters. The second-order valence-corrected chi connectivity index (χ2v) is 6.54. The first-order valence-electron chi connectivity index (χ1n) is 8.35. The van der Waals surface area contributed by atoms with Crippen LogP contribution in [0.2, 0.25) is 0 Å². The van der Waals surface area contributed by atoms with Crippen LogP contribution in [0.3, 0.4) is 0 Å². The summed E-state index contributed by atoms with van der Waals surface area (Å²) in [5.74, 6) is 0.275. The molecule has 0 aromatic carbocycles. The van der Waals surface area contributed by atoms with E-state index < -0.39 is 0 Å². The van der Waals surface area contributed by atoms with Crippen LogP contribution < -0.4 is 5.73 Å². The van der Waals surface area contributed by atoms with Crippen LogP contribution in [0.4, 0.5) is 0 Å². The van der Waals surface area contributed by atoms with E-state index in [9.17, 15) is 0 Å². The summed E-state index contributed by atoms with van der Waals surface area (Å²) in [4.78, 5) is 2.46. The van der Waals surface area contributed by atoms with Crippen molar-refractivity contribution in [2.24, 2.45) is 5.73 Å². The smallest absolute Gasteiger partial charge is 0.0918 e. The van der Waals surface area contributed by atoms with Crippen molar-refractivity contribution in [1.82, 2.24) is 4.90 Å². The van der Waals surface area contributed by atoms with Gasteiger partial charge in [-0.1, -0.05) is 19.3 Å². The highest BCUT2D eigenvalue weighted by atomic mass is 16.5. The van der Waals surface area contributed by atoms with Gasteiger partial charge in [-0.3, -0.25) is 10.3 Å². The van der Waals surface area contributed by atoms with Gasteiger partial charge in [0.2, 0.25) is 0 Å². The summed E-state index contributed by atoms with van der Waals surface area (Å²) in [6, 6.07) is 0.548. The van der Waals surface area contributed by atoms with Crippen molar-refractivity contribution in [1.29, 1.82) is 5.41 Å². The molecule has 1 atom stereocenters. The summed E-state index contributed by atoms with van der Waals surface area (Å²) in [6.07, 6.45) is 9.26. The number of hydrogen-bond acceptors (Lipinski definition) is 4. The molecule has 122 valence electrons. The topological polar surface area (TPSA) is 71.6 Å². The zero-order valence-corrected chi connectivity index (χ0v) is 13.4. The van der Waals surface area contributed by atoms with Crippen LogP contribution in [0.1, 0.15) is 51.4 Å². The highest BCUT2D eigenvalue weighted by Gasteiger charge is 2.40. The van der Waals surface area contributed by atoms with Crippen molar-refractivity contribution in [2.75, 3.05) is 33.4 Å². The molecule has 1 spiro atoms. The molecule has 1 saturated heterocycles. The Morgan fingerprint density at radius 2 is 2.10 bits per heavy atom. The third-order valence-electron chi connectivity index (χ3n) is 5.00. The van der Waals surface area contributed by atoms with Crippen LogP contribution in [-0.4, -0.2) is 55.8 Å². The lowest BCUT2D eigenvalue weighted by atomic mass is 9.78. The molecule has 1 aliphatic carbocycles. The minimum Gasteiger partial charge on any atom is -0.388 e. The van der Waals surface area contributed by atoms with Crippen LogP contribution in [0.25, 0.3) is 0 Å². The molecule has 0 amide bonds. The van der Waals surface area contributed by atoms with Crippen molar-refractivity contribution >= 4 is 5.84 Å². The predicted octanol–water partition coefficient (Wildman–Crippen LogP) is 2.14. The second kappa shape index (κ2) is 8.11. The first kappa shape index (κ1) is 16.7. The van der Waals surface area contributed by atoms with E-state index in [0.29, 0.717) is 12.5 Å². The fourth-order valence-electron chi connectivity index (χ4n) is 3.81. The number of nitrogens with two attached hydrogens (primary N) is 1. The molecule has 2 fully saturated rings. The minimum absolute atomic E-state index is 0.128. The van der Waals surface area contributed by atoms with Crippen molar-refractivity contribution in [3.05, 3.63) is 0 Å². The molecule has 2 rings (SSSR count). The van der Waals surface area contributed by atoms with E-state index in [0.717, 1.165) is 39.1 Å². The Hall–Kier alpha value is -0.650. The molecule has 2 aliphatic rings. The Kier molecular flexibility index (Phi) is 6.45. The van der Waals surface area contributed by atoms with E-state index in [4.69, 9.17) is 20.6 Å². The van der Waals surface area contributed by atoms with Crippen LogP contribution in [0.15, 0.2) is 0 Å². The molecule has 0 bridgehead atoms. The summed E-state index contributed by atoms with van der Waals surface area (Å²) >= 11 is 0. The maximum Gasteiger partial charge on any atom is 0.0918 e. The van der Waals surface area contributed by atoms with Gasteiger partial charge in [0.1, 0.15) is 0 Å². The number of nitrogens with one attached hydrogen (secondary N) is 1. The Bertz CT molecular complexity index is 324. The molecular weight excluding hydrogens is 266 g/mol. The number of rotatable bonds is 7. The van der Waals surface area contributed by atoms with Crippen molar-refractivity contribution in [3.8, 4) is 0 Å². The predicted molar refractivity (Wildman–Crippen MR) is 84.8 cm³/mol. The number of hydrogen-bond donors (Lipinski definition) is 2. The molecule has 21 heavy (non-hydrogen) atoms. The highest BCUT2D eigenvalue weighted by molar-refractivity contribution is 5.76. The Morgan fingerprint density at radius 3 is 2.76 bits per heavy atom. The van der Waals surface area contributed by atoms with E-state index in [-0.39, 0.29) is 11.4 Å². The zero-order chi connectivity index (χ0) is 15.1. The number of methoxy groups -OCH3 is 1. The maximum atomic E-state index is 7.46.